The Morgan fingerprint density at radius 3 is 0.918 bits per heavy atom. The molecule has 15 aromatic rings. The average Bonchev–Trinajstić information content (AvgIpc) is 0.828. The van der Waals surface area contributed by atoms with Crippen LogP contribution in [0, 0.1) is 0 Å². The zero-order chi connectivity index (χ0) is 93.5. The number of carbonyl (C=O) groups excluding carboxylic acids is 1. The number of phenolic OH excluding ortho intramolecular Hbond substituents is 3. The molecule has 0 fully saturated rings. The summed E-state index contributed by atoms with van der Waals surface area (Å²) in [4.78, 5) is 50.8. The number of amides is 1. The molecule has 4 N–H and O–H groups in total. The molecule has 0 spiro atoms. The first-order valence-electron chi connectivity index (χ1n) is 47.1. The van der Waals surface area contributed by atoms with Crippen LogP contribution in [0.1, 0.15) is 147 Å². The normalized spacial score (nSPS) is 11.3. The van der Waals surface area contributed by atoms with Crippen LogP contribution in [0.3, 0.4) is 0 Å². The molecule has 688 valence electrons. The first-order valence-corrected chi connectivity index (χ1v) is 47.1. The molecule has 6 aromatic heterocycles. The van der Waals surface area contributed by atoms with Gasteiger partial charge < -0.3 is 30.3 Å². The van der Waals surface area contributed by atoms with Crippen LogP contribution in [0.2, 0.25) is 0 Å². The third-order valence-corrected chi connectivity index (χ3v) is 23.6. The fraction of sp³-hybridized carbons (Fsp3) is 0.274. The van der Waals surface area contributed by atoms with Crippen LogP contribution in [-0.4, -0.2) is 123 Å². The van der Waals surface area contributed by atoms with Gasteiger partial charge in [0.1, 0.15) is 22.8 Å². The molecule has 0 atom stereocenters. The van der Waals surface area contributed by atoms with Crippen molar-refractivity contribution < 1.29 is 24.9 Å². The summed E-state index contributed by atoms with van der Waals surface area (Å²) in [6.07, 6.45) is 21.9. The first-order chi connectivity index (χ1) is 65.3. The highest BCUT2D eigenvalue weighted by Gasteiger charge is 2.25. The van der Waals surface area contributed by atoms with Crippen molar-refractivity contribution in [3.63, 3.8) is 0 Å². The Morgan fingerprint density at radius 2 is 0.575 bits per heavy atom. The van der Waals surface area contributed by atoms with Gasteiger partial charge in [-0.25, -0.2) is 4.79 Å². The second-order valence-electron chi connectivity index (χ2n) is 36.1. The maximum absolute atomic E-state index is 13.5. The quantitative estimate of drug-likeness (QED) is 0.0264. The van der Waals surface area contributed by atoms with Gasteiger partial charge in [0, 0.05) is 143 Å². The van der Waals surface area contributed by atoms with Crippen LogP contribution in [0.15, 0.2) is 347 Å². The molecule has 9 aromatic carbocycles. The molecule has 15 rings (SSSR count). The fourth-order valence-corrected chi connectivity index (χ4v) is 16.8. The Morgan fingerprint density at radius 1 is 0.284 bits per heavy atom. The van der Waals surface area contributed by atoms with E-state index in [1.54, 1.807) is 17.3 Å². The van der Waals surface area contributed by atoms with E-state index in [2.05, 4.69) is 257 Å². The predicted molar refractivity (Wildman–Crippen MR) is 543 cm³/mol. The Kier molecular flexibility index (Phi) is 37.5. The Hall–Kier alpha value is -13.7. The van der Waals surface area contributed by atoms with E-state index in [0.717, 1.165) is 174 Å². The van der Waals surface area contributed by atoms with Crippen LogP contribution in [0.5, 0.6) is 17.2 Å². The van der Waals surface area contributed by atoms with Gasteiger partial charge in [-0.15, -0.1) is 0 Å². The Bertz CT molecular complexity index is 5770. The molecular weight excluding hydrogens is 1650 g/mol. The van der Waals surface area contributed by atoms with Crippen molar-refractivity contribution in [3.05, 3.63) is 447 Å². The molecule has 0 aliphatic rings. The van der Waals surface area contributed by atoms with Crippen molar-refractivity contribution >= 4 is 6.09 Å². The van der Waals surface area contributed by atoms with Gasteiger partial charge in [-0.05, 0) is 283 Å². The number of rotatable bonds is 42. The summed E-state index contributed by atoms with van der Waals surface area (Å²) in [5, 5.41) is 37.7. The third-order valence-electron chi connectivity index (χ3n) is 23.6. The molecule has 0 aliphatic carbocycles. The maximum atomic E-state index is 13.5. The van der Waals surface area contributed by atoms with Gasteiger partial charge in [-0.3, -0.25) is 49.5 Å². The van der Waals surface area contributed by atoms with Crippen LogP contribution in [0.25, 0.3) is 33.4 Å². The number of nitrogens with one attached hydrogen (secondary N) is 1. The zero-order valence-electron chi connectivity index (χ0n) is 79.0. The van der Waals surface area contributed by atoms with Gasteiger partial charge in [0.15, 0.2) is 0 Å². The topological polar surface area (TPSA) is 193 Å². The largest absolute Gasteiger partial charge is 0.507 e. The second-order valence-corrected chi connectivity index (χ2v) is 36.1. The molecule has 0 unspecified atom stereocenters. The second kappa shape index (κ2) is 51.4. The molecule has 0 saturated heterocycles. The first kappa shape index (κ1) is 97.9. The minimum absolute atomic E-state index is 0.289. The zero-order valence-corrected chi connectivity index (χ0v) is 79.0. The molecule has 0 radical (unpaired) electrons. The molecule has 0 saturated carbocycles. The van der Waals surface area contributed by atoms with Crippen LogP contribution in [0.4, 0.5) is 4.79 Å². The number of aromatic nitrogens is 6. The molecular formula is C117H130N12O5. The number of aromatic hydroxyl groups is 3. The van der Waals surface area contributed by atoms with E-state index < -0.39 is 5.60 Å². The minimum atomic E-state index is -0.623. The third kappa shape index (κ3) is 32.4. The summed E-state index contributed by atoms with van der Waals surface area (Å²) in [7, 11) is 8.19. The minimum Gasteiger partial charge on any atom is -0.507 e. The number of carbonyl (C=O) groups is 1. The van der Waals surface area contributed by atoms with Crippen molar-refractivity contribution in [2.45, 2.75) is 169 Å². The number of ether oxygens (including phenoxy) is 1. The SMILES string of the molecule is CN(Cc1ccccn1)Cc1cc(CCN(Cc2ccc(-c3ccccc3)cc2)C(=O)OC(C)(C)C)cc(CN(C)Cc2ccccn2)c1O.CN(Cc1ccccn1)Cc1cc(CCNCc2ccc(-c3ccccc3)cc2)cc(CN(C)Cc2ccccn2)c1O.Oc1c(CCCc2ccccn2)cc(CCCCc2ccc(-c3ccccc3)cc2)cc1CCCc1ccccn1. The van der Waals surface area contributed by atoms with Gasteiger partial charge in [0.25, 0.3) is 0 Å². The van der Waals surface area contributed by atoms with E-state index in [0.29, 0.717) is 83.4 Å². The van der Waals surface area contributed by atoms with Crippen molar-refractivity contribution in [2.75, 3.05) is 41.3 Å². The number of unbranched alkanes of at least 4 members (excludes halogenated alkanes) is 1. The Balaban J connectivity index is 0.000000171. The fourth-order valence-electron chi connectivity index (χ4n) is 16.8. The lowest BCUT2D eigenvalue weighted by Gasteiger charge is -2.28. The number of phenols is 3. The number of hydrogen-bond acceptors (Lipinski definition) is 16. The number of aryl methyl sites for hydroxylation is 6. The molecule has 134 heavy (non-hydrogen) atoms. The Labute approximate surface area is 794 Å². The van der Waals surface area contributed by atoms with Crippen molar-refractivity contribution in [1.29, 1.82) is 0 Å². The maximum Gasteiger partial charge on any atom is 0.410 e. The number of nitrogens with zero attached hydrogens (tertiary/aromatic N) is 11. The van der Waals surface area contributed by atoms with Gasteiger partial charge in [-0.1, -0.05) is 237 Å². The van der Waals surface area contributed by atoms with Crippen molar-refractivity contribution in [2.24, 2.45) is 0 Å². The number of benzene rings is 9. The standard InChI is InChI=1S/C42H49N5O3.C38H40N2O.C37H41N5O/c1-42(2,3)50-41(49)47(27-32-17-19-35(20-18-32)34-13-7-6-8-14-34)24-21-33-25-36(28-45(4)30-38-15-9-11-22-43-38)40(48)37(26-33)29-46(5)31-39-16-10-12-23-44-39;41-38-34(16-10-20-36-18-6-8-26-39-36)28-31(29-35(38)17-11-21-37-19-7-9-27-40-37)13-5-4-12-30-22-24-33(25-23-30)32-14-2-1-3-15-32;1-41(27-35-12-6-8-19-39-35)25-33-22-30(23-34(37(33)43)26-42(2)28-36-13-7-9-20-40-36)18-21-38-24-29-14-16-32(17-15-29)31-10-4-3-5-11-31/h6-20,22-23,25-26,48H,21,24,27-31H2,1-5H3;1-3,6-9,14-15,18-19,22-29,41H,4-5,10-13,16-17,20-21H2;3-17,19-20,22-23,38,43H,18,21,24-28H2,1-2H3. The van der Waals surface area contributed by atoms with Crippen LogP contribution >= 0.6 is 0 Å². The smallest absolute Gasteiger partial charge is 0.410 e. The van der Waals surface area contributed by atoms with Gasteiger partial charge in [0.05, 0.1) is 22.8 Å². The van der Waals surface area contributed by atoms with E-state index >= 15 is 0 Å². The summed E-state index contributed by atoms with van der Waals surface area (Å²) >= 11 is 0. The van der Waals surface area contributed by atoms with E-state index in [-0.39, 0.29) is 11.8 Å². The lowest BCUT2D eigenvalue weighted by atomic mass is 9.94. The summed E-state index contributed by atoms with van der Waals surface area (Å²) in [5.74, 6) is 1.14. The van der Waals surface area contributed by atoms with Gasteiger partial charge >= 0.3 is 6.09 Å². The highest BCUT2D eigenvalue weighted by molar-refractivity contribution is 5.69. The predicted octanol–water partition coefficient (Wildman–Crippen LogP) is 23.3. The van der Waals surface area contributed by atoms with E-state index in [1.165, 1.54) is 44.5 Å². The monoisotopic (exact) mass is 1780 g/mol. The van der Waals surface area contributed by atoms with Gasteiger partial charge in [0.2, 0.25) is 0 Å². The van der Waals surface area contributed by atoms with Crippen LogP contribution < -0.4 is 5.32 Å². The molecule has 1 amide bonds. The highest BCUT2D eigenvalue weighted by Crippen LogP contribution is 2.34. The summed E-state index contributed by atoms with van der Waals surface area (Å²) in [6.45, 7) is 13.3. The van der Waals surface area contributed by atoms with Crippen LogP contribution in [-0.2, 0) is 122 Å². The lowest BCUT2D eigenvalue weighted by Crippen LogP contribution is -2.37. The molecule has 17 heteroatoms. The van der Waals surface area contributed by atoms with E-state index in [9.17, 15) is 20.1 Å². The van der Waals surface area contributed by atoms with E-state index in [4.69, 9.17) is 4.74 Å². The summed E-state index contributed by atoms with van der Waals surface area (Å²) in [6, 6.07) is 106. The summed E-state index contributed by atoms with van der Waals surface area (Å²) < 4.78 is 5.86. The summed E-state index contributed by atoms with van der Waals surface area (Å²) in [5.41, 5.74) is 25.8. The van der Waals surface area contributed by atoms with Gasteiger partial charge in [-0.2, -0.15) is 0 Å². The highest BCUT2D eigenvalue weighted by atomic mass is 16.6. The molecule has 17 nitrogen and oxygen atoms in total. The molecule has 0 aliphatic heterocycles. The molecule has 6 heterocycles. The average molecular weight is 1780 g/mol. The van der Waals surface area contributed by atoms with Crippen molar-refractivity contribution in [3.8, 4) is 50.6 Å². The molecule has 0 bridgehead atoms. The van der Waals surface area contributed by atoms with Crippen molar-refractivity contribution in [1.82, 2.24) is 59.7 Å². The van der Waals surface area contributed by atoms with E-state index in [1.807, 2.05) is 181 Å². The number of hydrogen-bond donors (Lipinski definition) is 4. The number of pyridine rings is 6. The lowest BCUT2D eigenvalue weighted by molar-refractivity contribution is 0.0235.